The molecule has 3 heterocycles. The molecule has 2 saturated heterocycles. The van der Waals surface area contributed by atoms with Gasteiger partial charge in [0.15, 0.2) is 5.76 Å². The Morgan fingerprint density at radius 3 is 2.39 bits per heavy atom. The maximum atomic E-state index is 12.0. The molecule has 0 bridgehead atoms. The molecule has 2 aliphatic rings. The van der Waals surface area contributed by atoms with E-state index in [4.69, 9.17) is 9.15 Å². The Bertz CT molecular complexity index is 575. The number of aromatic hydroxyl groups is 1. The molecule has 2 aliphatic heterocycles. The highest BCUT2D eigenvalue weighted by Crippen LogP contribution is 2.18. The molecule has 1 N–H and O–H groups in total. The quantitative estimate of drug-likeness (QED) is 0.831. The standard InChI is InChI=1S/C16H25N3O4/c1-17-2-4-18(5-3-17)12-15-16(21)14(20)10-13(23-15)11-19-6-8-22-9-7-19/h10,21H,2-9,11-12H2,1H3. The Morgan fingerprint density at radius 2 is 1.70 bits per heavy atom. The largest absolute Gasteiger partial charge is 0.502 e. The number of nitrogens with zero attached hydrogens (tertiary/aromatic N) is 3. The van der Waals surface area contributed by atoms with Gasteiger partial charge in [0.2, 0.25) is 11.2 Å². The molecule has 1 aromatic rings. The summed E-state index contributed by atoms with van der Waals surface area (Å²) in [6, 6.07) is 1.40. The van der Waals surface area contributed by atoms with Gasteiger partial charge in [0, 0.05) is 45.3 Å². The SMILES string of the molecule is CN1CCN(Cc2oc(CN3CCOCC3)cc(=O)c2O)CC1. The lowest BCUT2D eigenvalue weighted by atomic mass is 10.2. The van der Waals surface area contributed by atoms with E-state index < -0.39 is 0 Å². The molecule has 1 aromatic heterocycles. The molecule has 0 saturated carbocycles. The van der Waals surface area contributed by atoms with Crippen LogP contribution in [-0.2, 0) is 17.8 Å². The molecule has 7 heteroatoms. The van der Waals surface area contributed by atoms with E-state index in [1.54, 1.807) is 0 Å². The van der Waals surface area contributed by atoms with E-state index in [9.17, 15) is 9.90 Å². The van der Waals surface area contributed by atoms with Gasteiger partial charge >= 0.3 is 0 Å². The minimum absolute atomic E-state index is 0.255. The van der Waals surface area contributed by atoms with Crippen LogP contribution in [-0.4, -0.2) is 79.3 Å². The lowest BCUT2D eigenvalue weighted by Crippen LogP contribution is -2.44. The maximum absolute atomic E-state index is 12.0. The smallest absolute Gasteiger partial charge is 0.227 e. The van der Waals surface area contributed by atoms with Gasteiger partial charge in [-0.2, -0.15) is 0 Å². The first-order valence-corrected chi connectivity index (χ1v) is 8.17. The second-order valence-corrected chi connectivity index (χ2v) is 6.32. The van der Waals surface area contributed by atoms with E-state index in [1.165, 1.54) is 6.07 Å². The molecule has 0 aliphatic carbocycles. The third-order valence-electron chi connectivity index (χ3n) is 4.49. The van der Waals surface area contributed by atoms with Crippen molar-refractivity contribution in [3.05, 3.63) is 27.8 Å². The third kappa shape index (κ3) is 4.32. The van der Waals surface area contributed by atoms with E-state index in [1.807, 2.05) is 0 Å². The number of likely N-dealkylation sites (N-methyl/N-ethyl adjacent to an activating group) is 1. The van der Waals surface area contributed by atoms with Crippen molar-refractivity contribution in [2.75, 3.05) is 59.5 Å². The Hall–Kier alpha value is -1.41. The molecule has 0 aromatic carbocycles. The van der Waals surface area contributed by atoms with Crippen molar-refractivity contribution in [3.8, 4) is 5.75 Å². The molecule has 2 fully saturated rings. The molecule has 0 radical (unpaired) electrons. The maximum Gasteiger partial charge on any atom is 0.227 e. The Balaban J connectivity index is 1.70. The average Bonchev–Trinajstić information content (AvgIpc) is 2.55. The van der Waals surface area contributed by atoms with E-state index in [-0.39, 0.29) is 11.2 Å². The van der Waals surface area contributed by atoms with Gasteiger partial charge in [-0.25, -0.2) is 0 Å². The summed E-state index contributed by atoms with van der Waals surface area (Å²) >= 11 is 0. The molecular weight excluding hydrogens is 298 g/mol. The van der Waals surface area contributed by atoms with Crippen LogP contribution < -0.4 is 5.43 Å². The number of morpholine rings is 1. The third-order valence-corrected chi connectivity index (χ3v) is 4.49. The van der Waals surface area contributed by atoms with Gasteiger partial charge in [0.25, 0.3) is 0 Å². The van der Waals surface area contributed by atoms with E-state index in [0.29, 0.717) is 37.8 Å². The minimum atomic E-state index is -0.358. The van der Waals surface area contributed by atoms with Crippen LogP contribution in [0.4, 0.5) is 0 Å². The molecule has 23 heavy (non-hydrogen) atoms. The van der Waals surface area contributed by atoms with Gasteiger partial charge in [0.1, 0.15) is 5.76 Å². The van der Waals surface area contributed by atoms with Crippen LogP contribution in [0.1, 0.15) is 11.5 Å². The van der Waals surface area contributed by atoms with Crippen LogP contribution in [0.25, 0.3) is 0 Å². The van der Waals surface area contributed by atoms with Crippen LogP contribution in [0.15, 0.2) is 15.3 Å². The van der Waals surface area contributed by atoms with Gasteiger partial charge in [-0.1, -0.05) is 0 Å². The van der Waals surface area contributed by atoms with Gasteiger partial charge in [0.05, 0.1) is 26.3 Å². The predicted octanol–water partition coefficient (Wildman–Crippen LogP) is -0.0750. The number of hydrogen-bond acceptors (Lipinski definition) is 7. The Labute approximate surface area is 136 Å². The first-order valence-electron chi connectivity index (χ1n) is 8.17. The molecule has 3 rings (SSSR count). The van der Waals surface area contributed by atoms with Gasteiger partial charge < -0.3 is 19.2 Å². The normalized spacial score (nSPS) is 21.6. The average molecular weight is 323 g/mol. The van der Waals surface area contributed by atoms with Crippen molar-refractivity contribution >= 4 is 0 Å². The summed E-state index contributed by atoms with van der Waals surface area (Å²) in [5, 5.41) is 10.0. The van der Waals surface area contributed by atoms with Crippen molar-refractivity contribution < 1.29 is 14.3 Å². The number of piperazine rings is 1. The van der Waals surface area contributed by atoms with Crippen molar-refractivity contribution in [1.82, 2.24) is 14.7 Å². The van der Waals surface area contributed by atoms with Crippen LogP contribution in [0.3, 0.4) is 0 Å². The zero-order chi connectivity index (χ0) is 16.2. The van der Waals surface area contributed by atoms with Crippen LogP contribution >= 0.6 is 0 Å². The molecule has 0 amide bonds. The molecule has 7 nitrogen and oxygen atoms in total. The van der Waals surface area contributed by atoms with E-state index in [0.717, 1.165) is 39.3 Å². The van der Waals surface area contributed by atoms with Crippen LogP contribution in [0.5, 0.6) is 5.75 Å². The summed E-state index contributed by atoms with van der Waals surface area (Å²) < 4.78 is 11.2. The van der Waals surface area contributed by atoms with Crippen molar-refractivity contribution in [3.63, 3.8) is 0 Å². The molecule has 0 unspecified atom stereocenters. The van der Waals surface area contributed by atoms with Gasteiger partial charge in [-0.05, 0) is 7.05 Å². The first kappa shape index (κ1) is 16.4. The van der Waals surface area contributed by atoms with Crippen molar-refractivity contribution in [1.29, 1.82) is 0 Å². The second kappa shape index (κ2) is 7.44. The lowest BCUT2D eigenvalue weighted by Gasteiger charge is -2.32. The number of hydrogen-bond donors (Lipinski definition) is 1. The predicted molar refractivity (Wildman–Crippen MR) is 85.5 cm³/mol. The highest BCUT2D eigenvalue weighted by Gasteiger charge is 2.20. The summed E-state index contributed by atoms with van der Waals surface area (Å²) in [6.45, 7) is 7.92. The summed E-state index contributed by atoms with van der Waals surface area (Å²) in [5.41, 5.74) is -0.358. The molecule has 0 spiro atoms. The Morgan fingerprint density at radius 1 is 1.04 bits per heavy atom. The fourth-order valence-electron chi connectivity index (χ4n) is 2.96. The second-order valence-electron chi connectivity index (χ2n) is 6.32. The number of ether oxygens (including phenoxy) is 1. The molecular formula is C16H25N3O4. The minimum Gasteiger partial charge on any atom is -0.502 e. The van der Waals surface area contributed by atoms with Crippen molar-refractivity contribution in [2.24, 2.45) is 0 Å². The first-order chi connectivity index (χ1) is 11.1. The summed E-state index contributed by atoms with van der Waals surface area (Å²) in [6.07, 6.45) is 0. The lowest BCUT2D eigenvalue weighted by molar-refractivity contribution is 0.0305. The fourth-order valence-corrected chi connectivity index (χ4v) is 2.96. The van der Waals surface area contributed by atoms with Crippen LogP contribution in [0, 0.1) is 0 Å². The van der Waals surface area contributed by atoms with Crippen LogP contribution in [0.2, 0.25) is 0 Å². The zero-order valence-corrected chi connectivity index (χ0v) is 13.7. The highest BCUT2D eigenvalue weighted by molar-refractivity contribution is 5.25. The number of rotatable bonds is 4. The monoisotopic (exact) mass is 323 g/mol. The van der Waals surface area contributed by atoms with E-state index in [2.05, 4.69) is 21.7 Å². The fraction of sp³-hybridized carbons (Fsp3) is 0.688. The van der Waals surface area contributed by atoms with E-state index >= 15 is 0 Å². The van der Waals surface area contributed by atoms with Crippen molar-refractivity contribution in [2.45, 2.75) is 13.1 Å². The molecule has 128 valence electrons. The Kier molecular flexibility index (Phi) is 5.32. The summed E-state index contributed by atoms with van der Waals surface area (Å²) in [4.78, 5) is 18.7. The zero-order valence-electron chi connectivity index (χ0n) is 13.7. The van der Waals surface area contributed by atoms with Gasteiger partial charge in [-0.15, -0.1) is 0 Å². The summed E-state index contributed by atoms with van der Waals surface area (Å²) in [7, 11) is 2.10. The summed E-state index contributed by atoms with van der Waals surface area (Å²) in [5.74, 6) is 0.735. The molecule has 0 atom stereocenters. The topological polar surface area (TPSA) is 69.4 Å². The van der Waals surface area contributed by atoms with Gasteiger partial charge in [-0.3, -0.25) is 14.6 Å². The highest BCUT2D eigenvalue weighted by atomic mass is 16.5.